The van der Waals surface area contributed by atoms with Crippen LogP contribution in [0.25, 0.3) is 0 Å². The second-order valence-corrected chi connectivity index (χ2v) is 6.85. The van der Waals surface area contributed by atoms with Crippen molar-refractivity contribution in [1.29, 1.82) is 0 Å². The molecule has 1 aromatic heterocycles. The van der Waals surface area contributed by atoms with E-state index in [2.05, 4.69) is 15.7 Å². The summed E-state index contributed by atoms with van der Waals surface area (Å²) in [5, 5.41) is 20.9. The maximum absolute atomic E-state index is 12.8. The number of amides is 2. The summed E-state index contributed by atoms with van der Waals surface area (Å²) in [5.41, 5.74) is 1.55. The zero-order valence-corrected chi connectivity index (χ0v) is 17.6. The normalized spacial score (nSPS) is 15.9. The largest absolute Gasteiger partial charge is 0.497 e. The van der Waals surface area contributed by atoms with Crippen LogP contribution in [0.2, 0.25) is 0 Å². The molecule has 11 heteroatoms. The predicted molar refractivity (Wildman–Crippen MR) is 109 cm³/mol. The van der Waals surface area contributed by atoms with Gasteiger partial charge in [0.15, 0.2) is 0 Å². The van der Waals surface area contributed by atoms with E-state index < -0.39 is 23.0 Å². The molecule has 1 aliphatic heterocycles. The lowest BCUT2D eigenvalue weighted by Gasteiger charge is -2.29. The number of nitrogens with one attached hydrogen (secondary N) is 2. The van der Waals surface area contributed by atoms with Crippen LogP contribution in [0.5, 0.6) is 5.75 Å². The number of nitrogens with zero attached hydrogens (tertiary/aromatic N) is 3. The average Bonchev–Trinajstić information content (AvgIpc) is 3.00. The number of allylic oxidation sites excluding steroid dienone is 1. The molecule has 1 unspecified atom stereocenters. The molecule has 0 saturated heterocycles. The SMILES string of the molecule is CCOC(=O)C1=C(Cn2nc(C)c([N+](=O)[O-])c2C)NC(=O)NC1c1ccc(OC)cc1. The number of hydrogen-bond donors (Lipinski definition) is 2. The van der Waals surface area contributed by atoms with Gasteiger partial charge in [-0.25, -0.2) is 9.59 Å². The molecular formula is C20H23N5O6. The first-order valence-electron chi connectivity index (χ1n) is 9.56. The van der Waals surface area contributed by atoms with Crippen LogP contribution in [-0.2, 0) is 16.1 Å². The number of rotatable bonds is 7. The third-order valence-corrected chi connectivity index (χ3v) is 4.93. The van der Waals surface area contributed by atoms with Crippen molar-refractivity contribution in [3.63, 3.8) is 0 Å². The van der Waals surface area contributed by atoms with Crippen LogP contribution in [0.1, 0.15) is 29.9 Å². The van der Waals surface area contributed by atoms with Gasteiger partial charge in [-0.3, -0.25) is 14.8 Å². The predicted octanol–water partition coefficient (Wildman–Crippen LogP) is 2.29. The molecule has 0 bridgehead atoms. The molecule has 0 fully saturated rings. The summed E-state index contributed by atoms with van der Waals surface area (Å²) >= 11 is 0. The van der Waals surface area contributed by atoms with Gasteiger partial charge in [0, 0.05) is 0 Å². The Morgan fingerprint density at radius 1 is 1.29 bits per heavy atom. The van der Waals surface area contributed by atoms with Gasteiger partial charge in [0.2, 0.25) is 0 Å². The van der Waals surface area contributed by atoms with Gasteiger partial charge < -0.3 is 20.1 Å². The van der Waals surface area contributed by atoms with E-state index in [1.807, 2.05) is 0 Å². The highest BCUT2D eigenvalue weighted by atomic mass is 16.6. The number of aryl methyl sites for hydroxylation is 1. The van der Waals surface area contributed by atoms with Crippen molar-refractivity contribution in [2.75, 3.05) is 13.7 Å². The highest BCUT2D eigenvalue weighted by molar-refractivity contribution is 5.95. The number of methoxy groups -OCH3 is 1. The number of nitro groups is 1. The van der Waals surface area contributed by atoms with Crippen molar-refractivity contribution >= 4 is 17.7 Å². The van der Waals surface area contributed by atoms with Gasteiger partial charge in [0.1, 0.15) is 17.1 Å². The fraction of sp³-hybridized carbons (Fsp3) is 0.350. The molecule has 164 valence electrons. The summed E-state index contributed by atoms with van der Waals surface area (Å²) in [6.45, 7) is 4.87. The first-order valence-corrected chi connectivity index (χ1v) is 9.56. The second kappa shape index (κ2) is 8.86. The number of ether oxygens (including phenoxy) is 2. The van der Waals surface area contributed by atoms with E-state index in [0.717, 1.165) is 0 Å². The molecule has 0 saturated carbocycles. The van der Waals surface area contributed by atoms with Crippen LogP contribution >= 0.6 is 0 Å². The first kappa shape index (κ1) is 21.8. The fourth-order valence-corrected chi connectivity index (χ4v) is 3.49. The van der Waals surface area contributed by atoms with Crippen LogP contribution in [0.4, 0.5) is 10.5 Å². The van der Waals surface area contributed by atoms with E-state index in [1.54, 1.807) is 38.1 Å². The van der Waals surface area contributed by atoms with Crippen LogP contribution in [0, 0.1) is 24.0 Å². The lowest BCUT2D eigenvalue weighted by molar-refractivity contribution is -0.386. The van der Waals surface area contributed by atoms with Gasteiger partial charge in [0.05, 0.1) is 42.5 Å². The summed E-state index contributed by atoms with van der Waals surface area (Å²) in [4.78, 5) is 36.1. The van der Waals surface area contributed by atoms with Gasteiger partial charge in [-0.2, -0.15) is 5.10 Å². The van der Waals surface area contributed by atoms with E-state index in [9.17, 15) is 19.7 Å². The van der Waals surface area contributed by atoms with Gasteiger partial charge in [0.25, 0.3) is 0 Å². The highest BCUT2D eigenvalue weighted by Gasteiger charge is 2.34. The molecule has 1 aromatic carbocycles. The molecule has 2 heterocycles. The monoisotopic (exact) mass is 429 g/mol. The fourth-order valence-electron chi connectivity index (χ4n) is 3.49. The van der Waals surface area contributed by atoms with Crippen molar-refractivity contribution in [2.45, 2.75) is 33.4 Å². The van der Waals surface area contributed by atoms with Gasteiger partial charge >= 0.3 is 17.7 Å². The van der Waals surface area contributed by atoms with Gasteiger partial charge in [-0.05, 0) is 38.5 Å². The molecule has 0 aliphatic carbocycles. The number of carbonyl (C=O) groups is 2. The van der Waals surface area contributed by atoms with Crippen molar-refractivity contribution in [1.82, 2.24) is 20.4 Å². The van der Waals surface area contributed by atoms with Crippen LogP contribution in [-0.4, -0.2) is 40.4 Å². The van der Waals surface area contributed by atoms with Crippen LogP contribution in [0.3, 0.4) is 0 Å². The Hall–Kier alpha value is -3.89. The van der Waals surface area contributed by atoms with Crippen molar-refractivity contribution in [2.24, 2.45) is 0 Å². The molecule has 0 radical (unpaired) electrons. The Kier molecular flexibility index (Phi) is 6.23. The standard InChI is InChI=1S/C20H23N5O6/c1-5-31-19(26)16-15(10-24-12(3)18(25(28)29)11(2)23-24)21-20(27)22-17(16)13-6-8-14(30-4)9-7-13/h6-9,17H,5,10H2,1-4H3,(H2,21,22,27). The van der Waals surface area contributed by atoms with Crippen LogP contribution in [0.15, 0.2) is 35.5 Å². The minimum atomic E-state index is -0.777. The smallest absolute Gasteiger partial charge is 0.338 e. The average molecular weight is 429 g/mol. The van der Waals surface area contributed by atoms with Crippen molar-refractivity contribution < 1.29 is 24.0 Å². The third-order valence-electron chi connectivity index (χ3n) is 4.93. The number of carbonyl (C=O) groups excluding carboxylic acids is 2. The van der Waals surface area contributed by atoms with E-state index in [0.29, 0.717) is 17.0 Å². The van der Waals surface area contributed by atoms with E-state index in [-0.39, 0.29) is 35.8 Å². The summed E-state index contributed by atoms with van der Waals surface area (Å²) < 4.78 is 11.8. The van der Waals surface area contributed by atoms with E-state index in [1.165, 1.54) is 18.7 Å². The topological polar surface area (TPSA) is 138 Å². The zero-order chi connectivity index (χ0) is 22.7. The minimum Gasteiger partial charge on any atom is -0.497 e. The number of hydrogen-bond acceptors (Lipinski definition) is 7. The summed E-state index contributed by atoms with van der Waals surface area (Å²) in [7, 11) is 1.54. The number of aromatic nitrogens is 2. The number of benzene rings is 1. The van der Waals surface area contributed by atoms with Crippen molar-refractivity contribution in [3.8, 4) is 5.75 Å². The summed E-state index contributed by atoms with van der Waals surface area (Å²) in [5.74, 6) is 0.0164. The van der Waals surface area contributed by atoms with E-state index in [4.69, 9.17) is 9.47 Å². The third kappa shape index (κ3) is 4.34. The summed E-state index contributed by atoms with van der Waals surface area (Å²) in [6.07, 6.45) is 0. The zero-order valence-electron chi connectivity index (χ0n) is 17.6. The Balaban J connectivity index is 2.10. The van der Waals surface area contributed by atoms with E-state index >= 15 is 0 Å². The highest BCUT2D eigenvalue weighted by Crippen LogP contribution is 2.30. The number of esters is 1. The Morgan fingerprint density at radius 2 is 1.97 bits per heavy atom. The molecule has 3 rings (SSSR count). The molecule has 2 aromatic rings. The summed E-state index contributed by atoms with van der Waals surface area (Å²) in [6, 6.07) is 5.62. The van der Waals surface area contributed by atoms with Crippen LogP contribution < -0.4 is 15.4 Å². The molecular weight excluding hydrogens is 406 g/mol. The molecule has 1 aliphatic rings. The molecule has 2 amide bonds. The second-order valence-electron chi connectivity index (χ2n) is 6.85. The number of urea groups is 1. The maximum Gasteiger partial charge on any atom is 0.338 e. The lowest BCUT2D eigenvalue weighted by Crippen LogP contribution is -2.47. The maximum atomic E-state index is 12.8. The Morgan fingerprint density at radius 3 is 2.52 bits per heavy atom. The molecule has 31 heavy (non-hydrogen) atoms. The molecule has 11 nitrogen and oxygen atoms in total. The Labute approximate surface area is 178 Å². The minimum absolute atomic E-state index is 0.0469. The van der Waals surface area contributed by atoms with Gasteiger partial charge in [-0.15, -0.1) is 0 Å². The van der Waals surface area contributed by atoms with Gasteiger partial charge in [-0.1, -0.05) is 12.1 Å². The molecule has 0 spiro atoms. The Bertz CT molecular complexity index is 1060. The first-order chi connectivity index (χ1) is 14.8. The van der Waals surface area contributed by atoms with Crippen molar-refractivity contribution in [3.05, 3.63) is 62.6 Å². The molecule has 1 atom stereocenters. The molecule has 2 N–H and O–H groups in total. The quantitative estimate of drug-likeness (QED) is 0.391. The lowest BCUT2D eigenvalue weighted by atomic mass is 9.95.